The van der Waals surface area contributed by atoms with Crippen molar-refractivity contribution in [3.05, 3.63) is 70.9 Å². The van der Waals surface area contributed by atoms with Gasteiger partial charge in [0.25, 0.3) is 0 Å². The van der Waals surface area contributed by atoms with E-state index in [1.165, 1.54) is 36.4 Å². The lowest BCUT2D eigenvalue weighted by molar-refractivity contribution is -0.198. The third kappa shape index (κ3) is 3.07. The number of hydroxylamine groups is 1. The van der Waals surface area contributed by atoms with E-state index >= 15 is 0 Å². The highest BCUT2D eigenvalue weighted by atomic mass is 35.5. The van der Waals surface area contributed by atoms with E-state index in [0.29, 0.717) is 0 Å². The molecule has 0 spiro atoms. The highest BCUT2D eigenvalue weighted by Crippen LogP contribution is 2.50. The summed E-state index contributed by atoms with van der Waals surface area (Å²) in [7, 11) is -3.96. The zero-order chi connectivity index (χ0) is 19.2. The molecule has 2 aromatic carbocycles. The van der Waals surface area contributed by atoms with Crippen molar-refractivity contribution in [3.63, 3.8) is 0 Å². The number of hydrogen-bond acceptors (Lipinski definition) is 4. The molecule has 5 nitrogen and oxygen atoms in total. The molecule has 0 bridgehead atoms. The molecule has 1 aliphatic heterocycles. The number of nitrogens with two attached hydrogens (primary N) is 1. The van der Waals surface area contributed by atoms with E-state index in [1.807, 2.05) is 5.48 Å². The fourth-order valence-corrected chi connectivity index (χ4v) is 3.36. The minimum Gasteiger partial charge on any atom is -0.415 e. The van der Waals surface area contributed by atoms with Gasteiger partial charge in [-0.3, -0.25) is 0 Å². The molecule has 1 unspecified atom stereocenters. The summed E-state index contributed by atoms with van der Waals surface area (Å²) in [6, 6.07) is 9.89. The number of nitrogens with one attached hydrogen (secondary N) is 1. The summed E-state index contributed by atoms with van der Waals surface area (Å²) < 4.78 is 64.9. The zero-order valence-corrected chi connectivity index (χ0v) is 14.5. The Morgan fingerprint density at radius 1 is 1.04 bits per heavy atom. The van der Waals surface area contributed by atoms with Gasteiger partial charge in [0.05, 0.1) is 4.90 Å². The molecule has 0 aliphatic carbocycles. The fourth-order valence-electron chi connectivity index (χ4n) is 2.72. The van der Waals surface area contributed by atoms with Gasteiger partial charge in [0.1, 0.15) is 6.26 Å². The molecule has 3 rings (SSSR count). The first-order chi connectivity index (χ1) is 12.1. The highest BCUT2D eigenvalue weighted by molar-refractivity contribution is 7.89. The first kappa shape index (κ1) is 18.7. The normalized spacial score (nSPS) is 20.6. The van der Waals surface area contributed by atoms with Crippen LogP contribution in [0.25, 0.3) is 5.57 Å². The molecule has 2 aromatic rings. The van der Waals surface area contributed by atoms with Crippen LogP contribution in [0.4, 0.5) is 13.2 Å². The fraction of sp³-hybridized carbons (Fsp3) is 0.125. The molecular weight excluding hydrogens is 393 g/mol. The number of primary sulfonamides is 1. The largest absolute Gasteiger partial charge is 0.418 e. The molecule has 1 heterocycles. The third-order valence-electron chi connectivity index (χ3n) is 3.99. The summed E-state index contributed by atoms with van der Waals surface area (Å²) in [6.07, 6.45) is -3.82. The molecule has 0 fully saturated rings. The third-order valence-corrected chi connectivity index (χ3v) is 5.17. The van der Waals surface area contributed by atoms with Gasteiger partial charge < -0.3 is 4.84 Å². The van der Waals surface area contributed by atoms with Gasteiger partial charge in [-0.05, 0) is 35.4 Å². The molecule has 1 aliphatic rings. The van der Waals surface area contributed by atoms with Gasteiger partial charge in [-0.2, -0.15) is 13.2 Å². The monoisotopic (exact) mass is 404 g/mol. The van der Waals surface area contributed by atoms with Crippen LogP contribution in [0.5, 0.6) is 0 Å². The molecule has 0 saturated heterocycles. The molecule has 138 valence electrons. The lowest BCUT2D eigenvalue weighted by Crippen LogP contribution is -2.51. The van der Waals surface area contributed by atoms with Gasteiger partial charge >= 0.3 is 6.18 Å². The predicted octanol–water partition coefficient (Wildman–Crippen LogP) is 3.32. The molecule has 1 atom stereocenters. The first-order valence-corrected chi connectivity index (χ1v) is 9.07. The quantitative estimate of drug-likeness (QED) is 0.822. The van der Waals surface area contributed by atoms with Crippen molar-refractivity contribution in [2.24, 2.45) is 5.14 Å². The molecule has 0 radical (unpaired) electrons. The molecular formula is C16H12ClF3N2O3S. The van der Waals surface area contributed by atoms with Gasteiger partial charge in [0, 0.05) is 10.6 Å². The van der Waals surface area contributed by atoms with Crippen LogP contribution in [0.2, 0.25) is 5.02 Å². The van der Waals surface area contributed by atoms with E-state index < -0.39 is 21.7 Å². The summed E-state index contributed by atoms with van der Waals surface area (Å²) in [6.45, 7) is 0. The second kappa shape index (κ2) is 6.27. The number of hydrogen-bond donors (Lipinski definition) is 2. The van der Waals surface area contributed by atoms with Crippen LogP contribution in [-0.4, -0.2) is 14.6 Å². The van der Waals surface area contributed by atoms with Crippen molar-refractivity contribution in [1.29, 1.82) is 0 Å². The van der Waals surface area contributed by atoms with Crippen LogP contribution in [0.15, 0.2) is 59.7 Å². The smallest absolute Gasteiger partial charge is 0.415 e. The summed E-state index contributed by atoms with van der Waals surface area (Å²) in [5.41, 5.74) is -0.842. The van der Waals surface area contributed by atoms with Crippen molar-refractivity contribution in [3.8, 4) is 0 Å². The Hall–Kier alpha value is -2.07. The van der Waals surface area contributed by atoms with Crippen molar-refractivity contribution in [2.45, 2.75) is 16.6 Å². The topological polar surface area (TPSA) is 81.4 Å². The van der Waals surface area contributed by atoms with Crippen LogP contribution in [-0.2, 0) is 20.4 Å². The lowest BCUT2D eigenvalue weighted by atomic mass is 9.80. The van der Waals surface area contributed by atoms with Gasteiger partial charge in [0.15, 0.2) is 0 Å². The highest BCUT2D eigenvalue weighted by Gasteiger charge is 2.62. The molecule has 26 heavy (non-hydrogen) atoms. The van der Waals surface area contributed by atoms with Gasteiger partial charge in [-0.15, -0.1) is 5.48 Å². The summed E-state index contributed by atoms with van der Waals surface area (Å²) >= 11 is 5.78. The Bertz CT molecular complexity index is 958. The Morgan fingerprint density at radius 3 is 2.12 bits per heavy atom. The maximum Gasteiger partial charge on any atom is 0.418 e. The van der Waals surface area contributed by atoms with Crippen molar-refractivity contribution in [2.75, 3.05) is 0 Å². The van der Waals surface area contributed by atoms with Crippen LogP contribution in [0.1, 0.15) is 11.1 Å². The number of rotatable bonds is 3. The minimum atomic E-state index is -4.76. The zero-order valence-electron chi connectivity index (χ0n) is 12.9. The maximum atomic E-state index is 14.1. The van der Waals surface area contributed by atoms with Crippen molar-refractivity contribution < 1.29 is 26.4 Å². The van der Waals surface area contributed by atoms with Crippen LogP contribution >= 0.6 is 11.6 Å². The molecule has 10 heteroatoms. The summed E-state index contributed by atoms with van der Waals surface area (Å²) in [4.78, 5) is 4.62. The van der Waals surface area contributed by atoms with E-state index in [-0.39, 0.29) is 26.6 Å². The molecule has 3 N–H and O–H groups in total. The first-order valence-electron chi connectivity index (χ1n) is 7.15. The maximum absolute atomic E-state index is 14.1. The number of sulfonamides is 1. The van der Waals surface area contributed by atoms with E-state index in [2.05, 4.69) is 0 Å². The Morgan fingerprint density at radius 2 is 1.62 bits per heavy atom. The molecule has 0 saturated carbocycles. The van der Waals surface area contributed by atoms with E-state index in [0.717, 1.165) is 18.4 Å². The van der Waals surface area contributed by atoms with Crippen LogP contribution in [0.3, 0.4) is 0 Å². The van der Waals surface area contributed by atoms with Crippen molar-refractivity contribution >= 4 is 27.2 Å². The standard InChI is InChI=1S/C16H12ClF3N2O3S/c17-12-5-3-11(4-6-12)15(16(18,19)20)14(9-25-22-15)10-1-7-13(8-2-10)26(21,23)24/h1-9,22H,(H2,21,23,24). The Balaban J connectivity index is 2.14. The average Bonchev–Trinajstić information content (AvgIpc) is 3.01. The predicted molar refractivity (Wildman–Crippen MR) is 89.2 cm³/mol. The van der Waals surface area contributed by atoms with E-state index in [1.54, 1.807) is 0 Å². The minimum absolute atomic E-state index is 0.120. The average molecular weight is 405 g/mol. The lowest BCUT2D eigenvalue weighted by Gasteiger charge is -2.33. The number of halogens is 4. The second-order valence-electron chi connectivity index (χ2n) is 5.58. The number of alkyl halides is 3. The van der Waals surface area contributed by atoms with Gasteiger partial charge in [-0.1, -0.05) is 35.9 Å². The van der Waals surface area contributed by atoms with E-state index in [9.17, 15) is 21.6 Å². The summed E-state index contributed by atoms with van der Waals surface area (Å²) in [5, 5.41) is 5.30. The van der Waals surface area contributed by atoms with Gasteiger partial charge in [0.2, 0.25) is 15.6 Å². The van der Waals surface area contributed by atoms with E-state index in [4.69, 9.17) is 21.6 Å². The molecule has 0 aromatic heterocycles. The Kier molecular flexibility index (Phi) is 4.51. The Labute approximate surface area is 152 Å². The number of benzene rings is 2. The van der Waals surface area contributed by atoms with Crippen LogP contribution < -0.4 is 10.6 Å². The van der Waals surface area contributed by atoms with Gasteiger partial charge in [-0.25, -0.2) is 13.6 Å². The SMILES string of the molecule is NS(=O)(=O)c1ccc(C2=CONC2(c2ccc(Cl)cc2)C(F)(F)F)cc1. The summed E-state index contributed by atoms with van der Waals surface area (Å²) in [5.74, 6) is 0. The van der Waals surface area contributed by atoms with Crippen molar-refractivity contribution in [1.82, 2.24) is 5.48 Å². The molecule has 0 amide bonds. The second-order valence-corrected chi connectivity index (χ2v) is 7.57. The van der Waals surface area contributed by atoms with Crippen LogP contribution in [0, 0.1) is 0 Å².